The third-order valence-corrected chi connectivity index (χ3v) is 4.18. The molecule has 0 aliphatic carbocycles. The molecule has 0 aliphatic rings. The number of rotatable bonds is 7. The predicted octanol–water partition coefficient (Wildman–Crippen LogP) is 3.19. The van der Waals surface area contributed by atoms with Crippen LogP contribution in [0.3, 0.4) is 0 Å². The van der Waals surface area contributed by atoms with Crippen molar-refractivity contribution < 1.29 is 14.1 Å². The van der Waals surface area contributed by atoms with Crippen LogP contribution in [0.2, 0.25) is 0 Å². The normalized spacial score (nSPS) is 12.0. The molecular weight excluding hydrogens is 344 g/mol. The van der Waals surface area contributed by atoms with Gasteiger partial charge in [0.25, 0.3) is 5.91 Å². The number of benzene rings is 1. The SMILES string of the molecule is Cc1cccc(OCc2c(C(=O)NC(C)Cn3ccc(C)n3)noc2C)c1. The van der Waals surface area contributed by atoms with Gasteiger partial charge in [-0.3, -0.25) is 9.48 Å². The molecule has 3 aromatic rings. The van der Waals surface area contributed by atoms with Crippen molar-refractivity contribution in [2.45, 2.75) is 46.9 Å². The Morgan fingerprint density at radius 1 is 1.30 bits per heavy atom. The predicted molar refractivity (Wildman–Crippen MR) is 101 cm³/mol. The summed E-state index contributed by atoms with van der Waals surface area (Å²) >= 11 is 0. The van der Waals surface area contributed by atoms with E-state index in [1.807, 2.05) is 57.3 Å². The van der Waals surface area contributed by atoms with Crippen molar-refractivity contribution in [3.63, 3.8) is 0 Å². The lowest BCUT2D eigenvalue weighted by Crippen LogP contribution is -2.36. The van der Waals surface area contributed by atoms with Crippen LogP contribution in [0.5, 0.6) is 5.75 Å². The van der Waals surface area contributed by atoms with Gasteiger partial charge in [-0.1, -0.05) is 17.3 Å². The van der Waals surface area contributed by atoms with E-state index >= 15 is 0 Å². The molecule has 0 saturated carbocycles. The first-order valence-electron chi connectivity index (χ1n) is 8.88. The molecule has 7 nitrogen and oxygen atoms in total. The van der Waals surface area contributed by atoms with Crippen LogP contribution in [0.15, 0.2) is 41.1 Å². The van der Waals surface area contributed by atoms with Crippen molar-refractivity contribution >= 4 is 5.91 Å². The summed E-state index contributed by atoms with van der Waals surface area (Å²) < 4.78 is 12.8. The molecule has 0 spiro atoms. The highest BCUT2D eigenvalue weighted by atomic mass is 16.5. The molecule has 1 N–H and O–H groups in total. The lowest BCUT2D eigenvalue weighted by Gasteiger charge is -2.13. The summed E-state index contributed by atoms with van der Waals surface area (Å²) in [6, 6.07) is 9.56. The van der Waals surface area contributed by atoms with Crippen molar-refractivity contribution in [1.82, 2.24) is 20.3 Å². The van der Waals surface area contributed by atoms with E-state index in [0.717, 1.165) is 17.0 Å². The number of aryl methyl sites for hydroxylation is 3. The minimum Gasteiger partial charge on any atom is -0.489 e. The van der Waals surface area contributed by atoms with Crippen LogP contribution in [0, 0.1) is 20.8 Å². The molecule has 2 heterocycles. The maximum atomic E-state index is 12.6. The minimum atomic E-state index is -0.286. The van der Waals surface area contributed by atoms with Crippen LogP contribution in [0.25, 0.3) is 0 Å². The summed E-state index contributed by atoms with van der Waals surface area (Å²) in [5, 5.41) is 11.2. The van der Waals surface area contributed by atoms with Crippen LogP contribution in [-0.2, 0) is 13.2 Å². The highest BCUT2D eigenvalue weighted by Gasteiger charge is 2.22. The van der Waals surface area contributed by atoms with Crippen molar-refractivity contribution in [2.75, 3.05) is 0 Å². The summed E-state index contributed by atoms with van der Waals surface area (Å²) in [5.74, 6) is 1.03. The zero-order valence-corrected chi connectivity index (χ0v) is 16.0. The van der Waals surface area contributed by atoms with E-state index in [0.29, 0.717) is 17.9 Å². The van der Waals surface area contributed by atoms with E-state index in [9.17, 15) is 4.79 Å². The van der Waals surface area contributed by atoms with Gasteiger partial charge in [-0.05, 0) is 51.5 Å². The molecule has 1 aromatic carbocycles. The van der Waals surface area contributed by atoms with Gasteiger partial charge in [-0.15, -0.1) is 0 Å². The van der Waals surface area contributed by atoms with E-state index in [1.54, 1.807) is 11.6 Å². The average molecular weight is 368 g/mol. The highest BCUT2D eigenvalue weighted by Crippen LogP contribution is 2.19. The maximum Gasteiger partial charge on any atom is 0.274 e. The molecule has 7 heteroatoms. The van der Waals surface area contributed by atoms with Gasteiger partial charge in [-0.2, -0.15) is 5.10 Å². The number of nitrogens with one attached hydrogen (secondary N) is 1. The molecule has 0 radical (unpaired) electrons. The van der Waals surface area contributed by atoms with Crippen LogP contribution in [0.4, 0.5) is 0 Å². The van der Waals surface area contributed by atoms with Crippen molar-refractivity contribution in [1.29, 1.82) is 0 Å². The van der Waals surface area contributed by atoms with E-state index < -0.39 is 0 Å². The van der Waals surface area contributed by atoms with Crippen LogP contribution >= 0.6 is 0 Å². The van der Waals surface area contributed by atoms with E-state index in [2.05, 4.69) is 15.6 Å². The third-order valence-electron chi connectivity index (χ3n) is 4.18. The Labute approximate surface area is 158 Å². The fraction of sp³-hybridized carbons (Fsp3) is 0.350. The van der Waals surface area contributed by atoms with Crippen LogP contribution in [0.1, 0.15) is 40.0 Å². The molecule has 0 saturated heterocycles. The number of ether oxygens (including phenoxy) is 1. The van der Waals surface area contributed by atoms with Crippen molar-refractivity contribution in [3.8, 4) is 5.75 Å². The third kappa shape index (κ3) is 4.75. The van der Waals surface area contributed by atoms with Gasteiger partial charge >= 0.3 is 0 Å². The second-order valence-electron chi connectivity index (χ2n) is 6.72. The topological polar surface area (TPSA) is 82.2 Å². The number of hydrogen-bond donors (Lipinski definition) is 1. The molecule has 27 heavy (non-hydrogen) atoms. The molecule has 1 amide bonds. The summed E-state index contributed by atoms with van der Waals surface area (Å²) in [6.45, 7) is 8.41. The number of carbonyl (C=O) groups excluding carboxylic acids is 1. The first kappa shape index (κ1) is 18.7. The van der Waals surface area contributed by atoms with Crippen LogP contribution < -0.4 is 10.1 Å². The fourth-order valence-corrected chi connectivity index (χ4v) is 2.78. The first-order chi connectivity index (χ1) is 12.9. The first-order valence-corrected chi connectivity index (χ1v) is 8.88. The maximum absolute atomic E-state index is 12.6. The smallest absolute Gasteiger partial charge is 0.274 e. The summed E-state index contributed by atoms with van der Waals surface area (Å²) in [6.07, 6.45) is 1.89. The zero-order chi connectivity index (χ0) is 19.4. The van der Waals surface area contributed by atoms with Crippen LogP contribution in [-0.4, -0.2) is 26.9 Å². The van der Waals surface area contributed by atoms with E-state index in [-0.39, 0.29) is 24.2 Å². The van der Waals surface area contributed by atoms with Gasteiger partial charge in [0.2, 0.25) is 0 Å². The number of aromatic nitrogens is 3. The highest BCUT2D eigenvalue weighted by molar-refractivity contribution is 5.93. The Morgan fingerprint density at radius 3 is 2.81 bits per heavy atom. The molecule has 3 rings (SSSR count). The van der Waals surface area contributed by atoms with Gasteiger partial charge in [-0.25, -0.2) is 0 Å². The van der Waals surface area contributed by atoms with Gasteiger partial charge in [0, 0.05) is 12.2 Å². The summed E-state index contributed by atoms with van der Waals surface area (Å²) in [5.41, 5.74) is 2.95. The monoisotopic (exact) mass is 368 g/mol. The molecule has 1 unspecified atom stereocenters. The zero-order valence-electron chi connectivity index (χ0n) is 16.0. The van der Waals surface area contributed by atoms with E-state index in [1.165, 1.54) is 0 Å². The summed E-state index contributed by atoms with van der Waals surface area (Å²) in [7, 11) is 0. The Hall–Kier alpha value is -3.09. The Morgan fingerprint density at radius 2 is 2.11 bits per heavy atom. The van der Waals surface area contributed by atoms with Gasteiger partial charge in [0.05, 0.1) is 17.8 Å². The fourth-order valence-electron chi connectivity index (χ4n) is 2.78. The largest absolute Gasteiger partial charge is 0.489 e. The van der Waals surface area contributed by atoms with Gasteiger partial charge in [0.15, 0.2) is 5.69 Å². The van der Waals surface area contributed by atoms with E-state index in [4.69, 9.17) is 9.26 Å². The average Bonchev–Trinajstić information content (AvgIpc) is 3.18. The lowest BCUT2D eigenvalue weighted by atomic mass is 10.2. The lowest BCUT2D eigenvalue weighted by molar-refractivity contribution is 0.0924. The molecule has 2 aromatic heterocycles. The molecule has 1 atom stereocenters. The van der Waals surface area contributed by atoms with Gasteiger partial charge < -0.3 is 14.6 Å². The number of nitrogens with zero attached hydrogens (tertiary/aromatic N) is 3. The molecule has 0 aliphatic heterocycles. The number of amides is 1. The number of hydrogen-bond acceptors (Lipinski definition) is 5. The number of carbonyl (C=O) groups is 1. The Bertz CT molecular complexity index is 929. The Kier molecular flexibility index (Phi) is 5.59. The second-order valence-corrected chi connectivity index (χ2v) is 6.72. The molecule has 0 fully saturated rings. The molecular formula is C20H24N4O3. The standard InChI is InChI=1S/C20H24N4O3/c1-13-6-5-7-17(10-13)26-12-18-16(4)27-23-19(18)20(25)21-15(3)11-24-9-8-14(2)22-24/h5-10,15H,11-12H2,1-4H3,(H,21,25). The molecule has 142 valence electrons. The molecule has 0 bridgehead atoms. The Balaban J connectivity index is 1.64. The van der Waals surface area contributed by atoms with Crippen molar-refractivity contribution in [3.05, 3.63) is 64.8 Å². The minimum absolute atomic E-state index is 0.112. The van der Waals surface area contributed by atoms with Gasteiger partial charge in [0.1, 0.15) is 18.1 Å². The quantitative estimate of drug-likeness (QED) is 0.692. The summed E-state index contributed by atoms with van der Waals surface area (Å²) in [4.78, 5) is 12.6. The van der Waals surface area contributed by atoms with Crippen molar-refractivity contribution in [2.24, 2.45) is 0 Å². The second kappa shape index (κ2) is 8.07.